The number of likely N-dealkylation sites (tertiary alicyclic amines) is 1. The zero-order valence-corrected chi connectivity index (χ0v) is 12.2. The summed E-state index contributed by atoms with van der Waals surface area (Å²) in [6.07, 6.45) is 2.38. The van der Waals surface area contributed by atoms with Crippen molar-refractivity contribution in [3.8, 4) is 0 Å². The van der Waals surface area contributed by atoms with E-state index in [9.17, 15) is 10.1 Å². The van der Waals surface area contributed by atoms with Crippen LogP contribution in [0.25, 0.3) is 0 Å². The van der Waals surface area contributed by atoms with Crippen LogP contribution in [0.3, 0.4) is 0 Å². The Balaban J connectivity index is 1.97. The average Bonchev–Trinajstić information content (AvgIpc) is 2.52. The Morgan fingerprint density at radius 2 is 2.24 bits per heavy atom. The number of rotatable bonds is 5. The molecule has 0 bridgehead atoms. The second-order valence-electron chi connectivity index (χ2n) is 5.38. The Hall–Kier alpha value is -1.95. The molecule has 0 radical (unpaired) electrons. The van der Waals surface area contributed by atoms with Crippen LogP contribution in [0, 0.1) is 16.0 Å². The SMILES string of the molecule is CCC1CN(CCc2ccccc2[N+](=O)[O-])CC/C1=N\O. The third-order valence-corrected chi connectivity index (χ3v) is 4.14. The van der Waals surface area contributed by atoms with Crippen molar-refractivity contribution >= 4 is 11.4 Å². The fourth-order valence-corrected chi connectivity index (χ4v) is 2.86. The fourth-order valence-electron chi connectivity index (χ4n) is 2.86. The Morgan fingerprint density at radius 1 is 1.48 bits per heavy atom. The summed E-state index contributed by atoms with van der Waals surface area (Å²) in [4.78, 5) is 13.0. The molecule has 0 aromatic heterocycles. The van der Waals surface area contributed by atoms with Crippen molar-refractivity contribution in [2.45, 2.75) is 26.2 Å². The predicted molar refractivity (Wildman–Crippen MR) is 80.9 cm³/mol. The molecule has 21 heavy (non-hydrogen) atoms. The molecule has 6 nitrogen and oxygen atoms in total. The monoisotopic (exact) mass is 291 g/mol. The first-order valence-corrected chi connectivity index (χ1v) is 7.31. The molecule has 0 aliphatic carbocycles. The Kier molecular flexibility index (Phi) is 5.27. The highest BCUT2D eigenvalue weighted by Gasteiger charge is 2.25. The van der Waals surface area contributed by atoms with Gasteiger partial charge >= 0.3 is 0 Å². The van der Waals surface area contributed by atoms with Gasteiger partial charge in [-0.3, -0.25) is 10.1 Å². The van der Waals surface area contributed by atoms with Crippen LogP contribution in [0.5, 0.6) is 0 Å². The summed E-state index contributed by atoms with van der Waals surface area (Å²) in [7, 11) is 0. The van der Waals surface area contributed by atoms with Gasteiger partial charge in [0, 0.05) is 43.6 Å². The maximum atomic E-state index is 11.0. The number of nitro groups is 1. The number of nitro benzene ring substituents is 1. The average molecular weight is 291 g/mol. The highest BCUT2D eigenvalue weighted by atomic mass is 16.6. The molecule has 2 rings (SSSR count). The smallest absolute Gasteiger partial charge is 0.272 e. The van der Waals surface area contributed by atoms with E-state index in [-0.39, 0.29) is 16.5 Å². The van der Waals surface area contributed by atoms with Gasteiger partial charge in [0.25, 0.3) is 5.69 Å². The number of hydrogen-bond donors (Lipinski definition) is 1. The van der Waals surface area contributed by atoms with Crippen LogP contribution in [0.4, 0.5) is 5.69 Å². The lowest BCUT2D eigenvalue weighted by molar-refractivity contribution is -0.385. The minimum Gasteiger partial charge on any atom is -0.411 e. The van der Waals surface area contributed by atoms with E-state index in [0.29, 0.717) is 6.42 Å². The lowest BCUT2D eigenvalue weighted by atomic mass is 9.93. The van der Waals surface area contributed by atoms with Crippen LogP contribution < -0.4 is 0 Å². The van der Waals surface area contributed by atoms with Gasteiger partial charge in [-0.15, -0.1) is 0 Å². The Bertz CT molecular complexity index is 531. The minimum absolute atomic E-state index is 0.194. The molecule has 6 heteroatoms. The number of nitrogens with zero attached hydrogens (tertiary/aromatic N) is 3. The van der Waals surface area contributed by atoms with Gasteiger partial charge in [-0.05, 0) is 12.8 Å². The van der Waals surface area contributed by atoms with Gasteiger partial charge in [0.1, 0.15) is 0 Å². The molecule has 1 unspecified atom stereocenters. The third-order valence-electron chi connectivity index (χ3n) is 4.14. The molecule has 1 N–H and O–H groups in total. The molecule has 1 aliphatic heterocycles. The van der Waals surface area contributed by atoms with E-state index in [0.717, 1.165) is 43.8 Å². The van der Waals surface area contributed by atoms with Crippen LogP contribution in [0.15, 0.2) is 29.4 Å². The van der Waals surface area contributed by atoms with Crippen molar-refractivity contribution in [3.05, 3.63) is 39.9 Å². The Labute approximate surface area is 124 Å². The normalized spacial score (nSPS) is 21.6. The van der Waals surface area contributed by atoms with Crippen molar-refractivity contribution in [1.82, 2.24) is 4.90 Å². The van der Waals surface area contributed by atoms with Crippen molar-refractivity contribution in [2.24, 2.45) is 11.1 Å². The van der Waals surface area contributed by atoms with E-state index in [1.54, 1.807) is 12.1 Å². The van der Waals surface area contributed by atoms with Crippen molar-refractivity contribution in [3.63, 3.8) is 0 Å². The van der Waals surface area contributed by atoms with Gasteiger partial charge in [-0.2, -0.15) is 0 Å². The topological polar surface area (TPSA) is 79.0 Å². The first-order chi connectivity index (χ1) is 10.2. The maximum absolute atomic E-state index is 11.0. The molecule has 1 aromatic carbocycles. The summed E-state index contributed by atoms with van der Waals surface area (Å²) in [6.45, 7) is 4.58. The summed E-state index contributed by atoms with van der Waals surface area (Å²) in [5.74, 6) is 0.287. The second kappa shape index (κ2) is 7.17. The van der Waals surface area contributed by atoms with E-state index in [2.05, 4.69) is 17.0 Å². The third kappa shape index (κ3) is 3.78. The lowest BCUT2D eigenvalue weighted by Gasteiger charge is -2.32. The number of piperidine rings is 1. The summed E-state index contributed by atoms with van der Waals surface area (Å²) in [5, 5.41) is 23.4. The lowest BCUT2D eigenvalue weighted by Crippen LogP contribution is -2.41. The van der Waals surface area contributed by atoms with Gasteiger partial charge < -0.3 is 10.1 Å². The molecule has 1 aromatic rings. The molecule has 0 spiro atoms. The molecule has 1 saturated heterocycles. The minimum atomic E-state index is -0.323. The van der Waals surface area contributed by atoms with E-state index >= 15 is 0 Å². The molecule has 0 saturated carbocycles. The summed E-state index contributed by atoms with van der Waals surface area (Å²) < 4.78 is 0. The van der Waals surface area contributed by atoms with Crippen molar-refractivity contribution < 1.29 is 10.1 Å². The van der Waals surface area contributed by atoms with Gasteiger partial charge in [0.2, 0.25) is 0 Å². The van der Waals surface area contributed by atoms with E-state index in [1.165, 1.54) is 0 Å². The van der Waals surface area contributed by atoms with Gasteiger partial charge in [-0.1, -0.05) is 30.3 Å². The first-order valence-electron chi connectivity index (χ1n) is 7.31. The van der Waals surface area contributed by atoms with Crippen LogP contribution in [-0.2, 0) is 6.42 Å². The maximum Gasteiger partial charge on any atom is 0.272 e. The number of para-hydroxylation sites is 1. The predicted octanol–water partition coefficient (Wildman–Crippen LogP) is 2.70. The molecule has 0 amide bonds. The largest absolute Gasteiger partial charge is 0.411 e. The molecule has 114 valence electrons. The Morgan fingerprint density at radius 3 is 2.90 bits per heavy atom. The highest BCUT2D eigenvalue weighted by Crippen LogP contribution is 2.21. The second-order valence-corrected chi connectivity index (χ2v) is 5.38. The quantitative estimate of drug-likeness (QED) is 0.514. The van der Waals surface area contributed by atoms with Gasteiger partial charge in [-0.25, -0.2) is 0 Å². The van der Waals surface area contributed by atoms with E-state index in [1.807, 2.05) is 12.1 Å². The summed E-state index contributed by atoms with van der Waals surface area (Å²) >= 11 is 0. The van der Waals surface area contributed by atoms with Gasteiger partial charge in [0.05, 0.1) is 10.6 Å². The highest BCUT2D eigenvalue weighted by molar-refractivity contribution is 5.87. The number of oxime groups is 1. The van der Waals surface area contributed by atoms with Crippen LogP contribution >= 0.6 is 0 Å². The van der Waals surface area contributed by atoms with Crippen LogP contribution in [-0.4, -0.2) is 40.4 Å². The zero-order chi connectivity index (χ0) is 15.2. The van der Waals surface area contributed by atoms with Crippen LogP contribution in [0.1, 0.15) is 25.3 Å². The molecule has 1 heterocycles. The first kappa shape index (κ1) is 15.4. The standard InChI is InChI=1S/C15H21N3O3/c1-2-12-11-17(10-8-14(12)16-19)9-7-13-5-3-4-6-15(13)18(20)21/h3-6,12,19H,2,7-11H2,1H3/b16-14+. The fraction of sp³-hybridized carbons (Fsp3) is 0.533. The number of benzene rings is 1. The molecule has 1 fully saturated rings. The van der Waals surface area contributed by atoms with E-state index < -0.39 is 0 Å². The molecule has 1 atom stereocenters. The van der Waals surface area contributed by atoms with Crippen molar-refractivity contribution in [1.29, 1.82) is 0 Å². The summed E-state index contributed by atoms with van der Waals surface area (Å²) in [5.41, 5.74) is 1.84. The molecular weight excluding hydrogens is 270 g/mol. The van der Waals surface area contributed by atoms with Crippen LogP contribution in [0.2, 0.25) is 0 Å². The summed E-state index contributed by atoms with van der Waals surface area (Å²) in [6, 6.07) is 6.90. The zero-order valence-electron chi connectivity index (χ0n) is 12.2. The molecule has 1 aliphatic rings. The van der Waals surface area contributed by atoms with Gasteiger partial charge in [0.15, 0.2) is 0 Å². The number of hydrogen-bond acceptors (Lipinski definition) is 5. The van der Waals surface area contributed by atoms with E-state index in [4.69, 9.17) is 5.21 Å². The van der Waals surface area contributed by atoms with Crippen molar-refractivity contribution in [2.75, 3.05) is 19.6 Å². The molecular formula is C15H21N3O3.